The van der Waals surface area contributed by atoms with Crippen molar-refractivity contribution < 1.29 is 19.1 Å². The molecule has 0 heterocycles. The van der Waals surface area contributed by atoms with Crippen LogP contribution in [0, 0.1) is 0 Å². The van der Waals surface area contributed by atoms with Gasteiger partial charge in [-0.3, -0.25) is 14.4 Å². The molecule has 0 unspecified atom stereocenters. The van der Waals surface area contributed by atoms with Crippen molar-refractivity contribution in [2.45, 2.75) is 44.0 Å². The van der Waals surface area contributed by atoms with Crippen molar-refractivity contribution in [3.8, 4) is 0 Å². The first-order chi connectivity index (χ1) is 11.9. The zero-order valence-corrected chi connectivity index (χ0v) is 15.4. The SMILES string of the molecule is CC(C)NC(=O)CNC(=O)COC(=O)CSc1ccc2c(c1)CCC2. The molecule has 0 saturated heterocycles. The molecule has 2 rings (SSSR count). The summed E-state index contributed by atoms with van der Waals surface area (Å²) in [7, 11) is 0. The largest absolute Gasteiger partial charge is 0.455 e. The predicted molar refractivity (Wildman–Crippen MR) is 96.4 cm³/mol. The van der Waals surface area contributed by atoms with Crippen LogP contribution in [0.1, 0.15) is 31.4 Å². The fourth-order valence-corrected chi connectivity index (χ4v) is 3.33. The molecule has 136 valence electrons. The molecule has 0 aromatic heterocycles. The number of ether oxygens (including phenoxy) is 1. The Morgan fingerprint density at radius 2 is 1.92 bits per heavy atom. The van der Waals surface area contributed by atoms with Gasteiger partial charge in [0.15, 0.2) is 6.61 Å². The lowest BCUT2D eigenvalue weighted by Gasteiger charge is -2.09. The van der Waals surface area contributed by atoms with E-state index in [1.165, 1.54) is 29.3 Å². The van der Waals surface area contributed by atoms with E-state index < -0.39 is 11.9 Å². The monoisotopic (exact) mass is 364 g/mol. The van der Waals surface area contributed by atoms with Gasteiger partial charge in [-0.25, -0.2) is 0 Å². The van der Waals surface area contributed by atoms with Gasteiger partial charge in [0.1, 0.15) is 0 Å². The van der Waals surface area contributed by atoms with Gasteiger partial charge in [-0.2, -0.15) is 0 Å². The van der Waals surface area contributed by atoms with E-state index in [4.69, 9.17) is 4.74 Å². The standard InChI is InChI=1S/C18H24N2O4S/c1-12(2)20-16(21)9-19-17(22)10-24-18(23)11-25-15-7-6-13-4-3-5-14(13)8-15/h6-8,12H,3-5,9-11H2,1-2H3,(H,19,22)(H,20,21). The van der Waals surface area contributed by atoms with E-state index >= 15 is 0 Å². The van der Waals surface area contributed by atoms with Crippen LogP contribution in [0.3, 0.4) is 0 Å². The topological polar surface area (TPSA) is 84.5 Å². The van der Waals surface area contributed by atoms with Crippen molar-refractivity contribution in [2.75, 3.05) is 18.9 Å². The smallest absolute Gasteiger partial charge is 0.316 e. The molecular weight excluding hydrogens is 340 g/mol. The van der Waals surface area contributed by atoms with Gasteiger partial charge in [-0.1, -0.05) is 6.07 Å². The number of aryl methyl sites for hydroxylation is 2. The molecule has 0 radical (unpaired) electrons. The Bertz CT molecular complexity index is 646. The predicted octanol–water partition coefficient (Wildman–Crippen LogP) is 1.45. The normalized spacial score (nSPS) is 12.6. The molecule has 2 amide bonds. The Morgan fingerprint density at radius 1 is 1.16 bits per heavy atom. The maximum atomic E-state index is 11.7. The number of hydrogen-bond acceptors (Lipinski definition) is 5. The quantitative estimate of drug-likeness (QED) is 0.539. The molecule has 0 fully saturated rings. The van der Waals surface area contributed by atoms with Crippen molar-refractivity contribution in [1.82, 2.24) is 10.6 Å². The summed E-state index contributed by atoms with van der Waals surface area (Å²) in [5.41, 5.74) is 2.75. The summed E-state index contributed by atoms with van der Waals surface area (Å²) in [4.78, 5) is 35.7. The molecule has 0 atom stereocenters. The molecule has 1 aromatic rings. The van der Waals surface area contributed by atoms with Gasteiger partial charge in [-0.05, 0) is 56.4 Å². The number of benzene rings is 1. The summed E-state index contributed by atoms with van der Waals surface area (Å²) >= 11 is 1.40. The Labute approximate surface area is 152 Å². The van der Waals surface area contributed by atoms with Crippen LogP contribution in [0.2, 0.25) is 0 Å². The maximum absolute atomic E-state index is 11.7. The van der Waals surface area contributed by atoms with Crippen LogP contribution < -0.4 is 10.6 Å². The highest BCUT2D eigenvalue weighted by atomic mass is 32.2. The molecule has 7 heteroatoms. The van der Waals surface area contributed by atoms with E-state index in [0.29, 0.717) is 0 Å². The molecular formula is C18H24N2O4S. The zero-order chi connectivity index (χ0) is 18.2. The number of rotatable bonds is 8. The van der Waals surface area contributed by atoms with E-state index in [0.717, 1.165) is 17.7 Å². The summed E-state index contributed by atoms with van der Waals surface area (Å²) < 4.78 is 4.93. The molecule has 1 aromatic carbocycles. The number of carbonyl (C=O) groups excluding carboxylic acids is 3. The highest BCUT2D eigenvalue weighted by Gasteiger charge is 2.13. The second-order valence-corrected chi connectivity index (χ2v) is 7.28. The Balaban J connectivity index is 1.63. The number of thioether (sulfide) groups is 1. The third kappa shape index (κ3) is 6.78. The van der Waals surface area contributed by atoms with E-state index in [1.807, 2.05) is 19.9 Å². The molecule has 1 aliphatic rings. The van der Waals surface area contributed by atoms with Crippen LogP contribution >= 0.6 is 11.8 Å². The van der Waals surface area contributed by atoms with Crippen LogP contribution in [0.25, 0.3) is 0 Å². The van der Waals surface area contributed by atoms with Gasteiger partial charge in [0.25, 0.3) is 5.91 Å². The summed E-state index contributed by atoms with van der Waals surface area (Å²) in [6, 6.07) is 6.27. The molecule has 0 bridgehead atoms. The van der Waals surface area contributed by atoms with Crippen molar-refractivity contribution in [3.63, 3.8) is 0 Å². The highest BCUT2D eigenvalue weighted by molar-refractivity contribution is 8.00. The third-order valence-electron chi connectivity index (χ3n) is 3.69. The van der Waals surface area contributed by atoms with Gasteiger partial charge < -0.3 is 15.4 Å². The zero-order valence-electron chi connectivity index (χ0n) is 14.6. The molecule has 2 N–H and O–H groups in total. The van der Waals surface area contributed by atoms with Crippen LogP contribution in [-0.2, 0) is 32.0 Å². The molecule has 1 aliphatic carbocycles. The lowest BCUT2D eigenvalue weighted by molar-refractivity contribution is -0.146. The van der Waals surface area contributed by atoms with Crippen molar-refractivity contribution in [3.05, 3.63) is 29.3 Å². The summed E-state index contributed by atoms with van der Waals surface area (Å²) in [6.45, 7) is 3.16. The van der Waals surface area contributed by atoms with Crippen molar-refractivity contribution in [1.29, 1.82) is 0 Å². The van der Waals surface area contributed by atoms with Crippen molar-refractivity contribution in [2.24, 2.45) is 0 Å². The average molecular weight is 364 g/mol. The van der Waals surface area contributed by atoms with Crippen molar-refractivity contribution >= 4 is 29.5 Å². The minimum absolute atomic E-state index is 0.0125. The van der Waals surface area contributed by atoms with E-state index in [2.05, 4.69) is 22.8 Å². The maximum Gasteiger partial charge on any atom is 0.316 e. The number of esters is 1. The fraction of sp³-hybridized carbons (Fsp3) is 0.500. The second kappa shape index (κ2) is 9.46. The average Bonchev–Trinajstić information content (AvgIpc) is 3.03. The first kappa shape index (κ1) is 19.3. The molecule has 0 aliphatic heterocycles. The van der Waals surface area contributed by atoms with Gasteiger partial charge >= 0.3 is 5.97 Å². The van der Waals surface area contributed by atoms with Gasteiger partial charge in [0, 0.05) is 10.9 Å². The number of amides is 2. The number of carbonyl (C=O) groups is 3. The lowest BCUT2D eigenvalue weighted by Crippen LogP contribution is -2.41. The third-order valence-corrected chi connectivity index (χ3v) is 4.65. The minimum Gasteiger partial charge on any atom is -0.455 e. The van der Waals surface area contributed by atoms with Gasteiger partial charge in [0.2, 0.25) is 5.91 Å². The highest BCUT2D eigenvalue weighted by Crippen LogP contribution is 2.27. The van der Waals surface area contributed by atoms with Crippen LogP contribution in [0.5, 0.6) is 0 Å². The molecule has 25 heavy (non-hydrogen) atoms. The Hall–Kier alpha value is -2.02. The summed E-state index contributed by atoms with van der Waals surface area (Å²) in [5.74, 6) is -1.07. The number of fused-ring (bicyclic) bond motifs is 1. The van der Waals surface area contributed by atoms with Crippen LogP contribution in [-0.4, -0.2) is 42.7 Å². The number of nitrogens with one attached hydrogen (secondary N) is 2. The second-order valence-electron chi connectivity index (χ2n) is 6.23. The first-order valence-corrected chi connectivity index (χ1v) is 9.39. The van der Waals surface area contributed by atoms with E-state index in [1.54, 1.807) is 0 Å². The first-order valence-electron chi connectivity index (χ1n) is 8.40. The number of hydrogen-bond donors (Lipinski definition) is 2. The lowest BCUT2D eigenvalue weighted by atomic mass is 10.1. The van der Waals surface area contributed by atoms with Crippen LogP contribution in [0.15, 0.2) is 23.1 Å². The molecule has 0 spiro atoms. The summed E-state index contributed by atoms with van der Waals surface area (Å²) in [6.07, 6.45) is 3.42. The van der Waals surface area contributed by atoms with Crippen LogP contribution in [0.4, 0.5) is 0 Å². The fourth-order valence-electron chi connectivity index (χ4n) is 2.57. The van der Waals surface area contributed by atoms with E-state index in [9.17, 15) is 14.4 Å². The van der Waals surface area contributed by atoms with Gasteiger partial charge in [-0.15, -0.1) is 11.8 Å². The van der Waals surface area contributed by atoms with E-state index in [-0.39, 0.29) is 30.9 Å². The Kier molecular flexibility index (Phi) is 7.31. The molecule has 0 saturated carbocycles. The van der Waals surface area contributed by atoms with Gasteiger partial charge in [0.05, 0.1) is 12.3 Å². The molecule has 6 nitrogen and oxygen atoms in total. The minimum atomic E-state index is -0.491. The Morgan fingerprint density at radius 3 is 2.68 bits per heavy atom. The summed E-state index contributed by atoms with van der Waals surface area (Å²) in [5, 5.41) is 5.06.